The number of esters is 1. The van der Waals surface area contributed by atoms with Gasteiger partial charge in [-0.05, 0) is 25.1 Å². The zero-order chi connectivity index (χ0) is 17.7. The number of carbonyl (C=O) groups is 3. The fraction of sp³-hybridized carbons (Fsp3) is 0.267. The number of nitrogens with zero attached hydrogens (tertiary/aromatic N) is 1. The van der Waals surface area contributed by atoms with Crippen molar-refractivity contribution < 1.29 is 19.1 Å². The molecule has 0 atom stereocenters. The van der Waals surface area contributed by atoms with Crippen molar-refractivity contribution in [1.29, 1.82) is 0 Å². The predicted molar refractivity (Wildman–Crippen MR) is 94.0 cm³/mol. The molecule has 0 spiro atoms. The van der Waals surface area contributed by atoms with Crippen LogP contribution in [0.1, 0.15) is 6.92 Å². The number of rotatable bonds is 5. The number of hydrogen-bond acceptors (Lipinski definition) is 5. The lowest BCUT2D eigenvalue weighted by Gasteiger charge is -2.16. The van der Waals surface area contributed by atoms with Crippen LogP contribution in [0.3, 0.4) is 0 Å². The van der Waals surface area contributed by atoms with Crippen molar-refractivity contribution in [1.82, 2.24) is 4.90 Å². The summed E-state index contributed by atoms with van der Waals surface area (Å²) in [5, 5.41) is 3.71. The lowest BCUT2D eigenvalue weighted by Crippen LogP contribution is -2.34. The molecule has 1 aliphatic rings. The quantitative estimate of drug-likeness (QED) is 0.619. The van der Waals surface area contributed by atoms with E-state index in [4.69, 9.17) is 27.9 Å². The van der Waals surface area contributed by atoms with Crippen LogP contribution in [-0.2, 0) is 19.1 Å². The highest BCUT2D eigenvalue weighted by atomic mass is 35.5. The predicted octanol–water partition coefficient (Wildman–Crippen LogP) is 2.91. The topological polar surface area (TPSA) is 75.7 Å². The first-order valence-corrected chi connectivity index (χ1v) is 8.71. The van der Waals surface area contributed by atoms with E-state index in [0.717, 1.165) is 0 Å². The minimum Gasteiger partial charge on any atom is -0.463 e. The van der Waals surface area contributed by atoms with Crippen molar-refractivity contribution in [3.05, 3.63) is 39.3 Å². The Morgan fingerprint density at radius 1 is 1.38 bits per heavy atom. The molecule has 1 fully saturated rings. The van der Waals surface area contributed by atoms with Crippen molar-refractivity contribution in [2.24, 2.45) is 0 Å². The Bertz CT molecular complexity index is 709. The number of ether oxygens (including phenoxy) is 1. The highest BCUT2D eigenvalue weighted by Gasteiger charge is 2.29. The van der Waals surface area contributed by atoms with Crippen LogP contribution in [0.2, 0.25) is 10.0 Å². The summed E-state index contributed by atoms with van der Waals surface area (Å²) in [4.78, 5) is 36.8. The van der Waals surface area contributed by atoms with Gasteiger partial charge in [-0.3, -0.25) is 14.5 Å². The van der Waals surface area contributed by atoms with E-state index in [-0.39, 0.29) is 24.8 Å². The average molecular weight is 389 g/mol. The fourth-order valence-electron chi connectivity index (χ4n) is 1.90. The molecular weight excluding hydrogens is 375 g/mol. The van der Waals surface area contributed by atoms with Gasteiger partial charge < -0.3 is 10.1 Å². The maximum atomic E-state index is 12.1. The van der Waals surface area contributed by atoms with Gasteiger partial charge in [0.1, 0.15) is 6.54 Å². The number of carbonyl (C=O) groups excluding carboxylic acids is 3. The molecule has 1 N–H and O–H groups in total. The van der Waals surface area contributed by atoms with Crippen LogP contribution in [0, 0.1) is 0 Å². The summed E-state index contributed by atoms with van der Waals surface area (Å²) in [5.41, 5.74) is 0.463. The van der Waals surface area contributed by atoms with Crippen molar-refractivity contribution >= 4 is 58.4 Å². The van der Waals surface area contributed by atoms with Gasteiger partial charge in [0, 0.05) is 5.69 Å². The molecule has 0 aliphatic carbocycles. The van der Waals surface area contributed by atoms with Crippen LogP contribution in [0.5, 0.6) is 0 Å². The van der Waals surface area contributed by atoms with Crippen molar-refractivity contribution in [3.63, 3.8) is 0 Å². The largest absolute Gasteiger partial charge is 0.463 e. The van der Waals surface area contributed by atoms with Gasteiger partial charge in [0.05, 0.1) is 33.5 Å². The second kappa shape index (κ2) is 8.41. The summed E-state index contributed by atoms with van der Waals surface area (Å²) < 4.78 is 4.82. The highest BCUT2D eigenvalue weighted by Crippen LogP contribution is 2.29. The fourth-order valence-corrected chi connectivity index (χ4v) is 3.13. The molecule has 1 aromatic rings. The molecule has 0 saturated carbocycles. The zero-order valence-electron chi connectivity index (χ0n) is 12.7. The summed E-state index contributed by atoms with van der Waals surface area (Å²) in [5.74, 6) is -1.05. The molecule has 0 unspecified atom stereocenters. The van der Waals surface area contributed by atoms with Crippen LogP contribution < -0.4 is 5.32 Å². The second-order valence-electron chi connectivity index (χ2n) is 4.68. The SMILES string of the molecule is CCOC(=O)C=C1SCC(=O)N1CC(=O)Nc1ccc(Cl)c(Cl)c1. The third kappa shape index (κ3) is 4.90. The van der Waals surface area contributed by atoms with Gasteiger partial charge >= 0.3 is 5.97 Å². The number of anilines is 1. The molecule has 0 bridgehead atoms. The highest BCUT2D eigenvalue weighted by molar-refractivity contribution is 8.04. The lowest BCUT2D eigenvalue weighted by atomic mass is 10.3. The normalized spacial score (nSPS) is 15.7. The van der Waals surface area contributed by atoms with Crippen molar-refractivity contribution in [2.75, 3.05) is 24.2 Å². The van der Waals surface area contributed by atoms with Gasteiger partial charge in [0.25, 0.3) is 0 Å². The van der Waals surface area contributed by atoms with Gasteiger partial charge in [0.15, 0.2) is 0 Å². The Labute approximate surface area is 153 Å². The number of thioether (sulfide) groups is 1. The van der Waals surface area contributed by atoms with Gasteiger partial charge in [-0.1, -0.05) is 35.0 Å². The molecule has 1 heterocycles. The lowest BCUT2D eigenvalue weighted by molar-refractivity contribution is -0.137. The molecular formula is C15H14Cl2N2O4S. The summed E-state index contributed by atoms with van der Waals surface area (Å²) in [6.07, 6.45) is 1.21. The Morgan fingerprint density at radius 2 is 2.12 bits per heavy atom. The Balaban J connectivity index is 2.04. The molecule has 128 valence electrons. The first-order chi connectivity index (χ1) is 11.4. The molecule has 2 amide bonds. The minimum atomic E-state index is -0.551. The van der Waals surface area contributed by atoms with E-state index in [1.807, 2.05) is 0 Å². The zero-order valence-corrected chi connectivity index (χ0v) is 15.0. The van der Waals surface area contributed by atoms with E-state index < -0.39 is 11.9 Å². The maximum absolute atomic E-state index is 12.1. The van der Waals surface area contributed by atoms with E-state index in [9.17, 15) is 14.4 Å². The molecule has 1 aromatic carbocycles. The summed E-state index contributed by atoms with van der Waals surface area (Å²) in [7, 11) is 0. The van der Waals surface area contributed by atoms with Gasteiger partial charge in [0.2, 0.25) is 11.8 Å². The van der Waals surface area contributed by atoms with E-state index in [1.165, 1.54) is 28.8 Å². The number of nitrogens with one attached hydrogen (secondary N) is 1. The van der Waals surface area contributed by atoms with E-state index in [2.05, 4.69) is 5.32 Å². The first-order valence-electron chi connectivity index (χ1n) is 6.97. The molecule has 2 rings (SSSR count). The molecule has 9 heteroatoms. The second-order valence-corrected chi connectivity index (χ2v) is 6.49. The van der Waals surface area contributed by atoms with E-state index in [1.54, 1.807) is 19.1 Å². The molecule has 0 radical (unpaired) electrons. The Hall–Kier alpha value is -1.70. The first kappa shape index (κ1) is 18.6. The van der Waals surface area contributed by atoms with Gasteiger partial charge in [-0.15, -0.1) is 0 Å². The number of halogens is 2. The molecule has 24 heavy (non-hydrogen) atoms. The van der Waals surface area contributed by atoms with E-state index >= 15 is 0 Å². The smallest absolute Gasteiger partial charge is 0.333 e. The Kier molecular flexibility index (Phi) is 6.53. The number of amides is 2. The summed E-state index contributed by atoms with van der Waals surface area (Å²) in [6.45, 7) is 1.71. The van der Waals surface area contributed by atoms with E-state index in [0.29, 0.717) is 20.8 Å². The standard InChI is InChI=1S/C15H14Cl2N2O4S/c1-2-23-15(22)6-14-19(13(21)8-24-14)7-12(20)18-9-3-4-10(16)11(17)5-9/h3-6H,2,7-8H2,1H3,(H,18,20). The van der Waals surface area contributed by atoms with Crippen LogP contribution >= 0.6 is 35.0 Å². The Morgan fingerprint density at radius 3 is 2.79 bits per heavy atom. The van der Waals surface area contributed by atoms with Crippen LogP contribution in [0.4, 0.5) is 5.69 Å². The molecule has 1 aliphatic heterocycles. The average Bonchev–Trinajstić information content (AvgIpc) is 2.84. The van der Waals surface area contributed by atoms with Crippen LogP contribution in [0.15, 0.2) is 29.3 Å². The van der Waals surface area contributed by atoms with Crippen LogP contribution in [-0.4, -0.2) is 41.6 Å². The summed E-state index contributed by atoms with van der Waals surface area (Å²) >= 11 is 12.9. The third-order valence-electron chi connectivity index (χ3n) is 2.94. The third-order valence-corrected chi connectivity index (χ3v) is 4.71. The number of benzene rings is 1. The molecule has 6 nitrogen and oxygen atoms in total. The minimum absolute atomic E-state index is 0.172. The van der Waals surface area contributed by atoms with Gasteiger partial charge in [-0.2, -0.15) is 0 Å². The van der Waals surface area contributed by atoms with Crippen molar-refractivity contribution in [3.8, 4) is 0 Å². The molecule has 0 aromatic heterocycles. The molecule has 1 saturated heterocycles. The monoisotopic (exact) mass is 388 g/mol. The number of hydrogen-bond donors (Lipinski definition) is 1. The van der Waals surface area contributed by atoms with Crippen LogP contribution in [0.25, 0.3) is 0 Å². The maximum Gasteiger partial charge on any atom is 0.333 e. The van der Waals surface area contributed by atoms with Gasteiger partial charge in [-0.25, -0.2) is 4.79 Å². The van der Waals surface area contributed by atoms with Crippen molar-refractivity contribution in [2.45, 2.75) is 6.92 Å². The summed E-state index contributed by atoms with van der Waals surface area (Å²) in [6, 6.07) is 4.67.